The van der Waals surface area contributed by atoms with Crippen molar-refractivity contribution in [3.05, 3.63) is 53.8 Å². The van der Waals surface area contributed by atoms with E-state index in [9.17, 15) is 9.59 Å². The third kappa shape index (κ3) is 2.46. The van der Waals surface area contributed by atoms with E-state index in [-0.39, 0.29) is 11.9 Å². The van der Waals surface area contributed by atoms with Gasteiger partial charge in [0.2, 0.25) is 0 Å². The Bertz CT molecular complexity index is 694. The second kappa shape index (κ2) is 5.79. The number of nitrogens with one attached hydrogen (secondary N) is 1. The number of carbonyl (C=O) groups is 2. The molecule has 120 valence electrons. The van der Waals surface area contributed by atoms with Gasteiger partial charge in [-0.05, 0) is 17.7 Å². The maximum Gasteiger partial charge on any atom is 0.322 e. The summed E-state index contributed by atoms with van der Waals surface area (Å²) in [5, 5.41) is 2.90. The summed E-state index contributed by atoms with van der Waals surface area (Å²) in [5.41, 5.74) is 2.23. The van der Waals surface area contributed by atoms with Crippen molar-refractivity contribution in [1.82, 2.24) is 15.1 Å². The molecule has 0 unspecified atom stereocenters. The van der Waals surface area contributed by atoms with Gasteiger partial charge in [0.05, 0.1) is 31.0 Å². The first-order valence-electron chi connectivity index (χ1n) is 7.38. The van der Waals surface area contributed by atoms with Gasteiger partial charge < -0.3 is 15.0 Å². The number of likely N-dealkylation sites (N-methyl/N-ethyl adjacent to an activating group) is 1. The minimum atomic E-state index is -0.443. The molecule has 0 aliphatic carbocycles. The lowest BCUT2D eigenvalue weighted by atomic mass is 9.95. The number of amides is 3. The molecule has 2 heterocycles. The number of urea groups is 1. The summed E-state index contributed by atoms with van der Waals surface area (Å²) in [6.07, 6.45) is 1.69. The summed E-state index contributed by atoms with van der Waals surface area (Å²) in [5.74, 6) is 0.667. The first-order chi connectivity index (χ1) is 11.1. The van der Waals surface area contributed by atoms with Crippen LogP contribution in [0.5, 0.6) is 5.75 Å². The Hall–Kier alpha value is -2.76. The monoisotopic (exact) mass is 313 g/mol. The molecule has 1 aromatic rings. The molecule has 0 aromatic heterocycles. The molecule has 1 N–H and O–H groups in total. The van der Waals surface area contributed by atoms with Crippen LogP contribution in [0.25, 0.3) is 0 Å². The van der Waals surface area contributed by atoms with Gasteiger partial charge in [0.25, 0.3) is 5.91 Å². The lowest BCUT2D eigenvalue weighted by molar-refractivity contribution is -0.125. The molecular weight excluding hydrogens is 294 g/mol. The van der Waals surface area contributed by atoms with Crippen LogP contribution < -0.4 is 10.1 Å². The molecule has 0 radical (unpaired) electrons. The molecule has 6 heteroatoms. The van der Waals surface area contributed by atoms with E-state index in [4.69, 9.17) is 4.74 Å². The van der Waals surface area contributed by atoms with Gasteiger partial charge in [0.1, 0.15) is 5.75 Å². The lowest BCUT2D eigenvalue weighted by Crippen LogP contribution is -2.45. The summed E-state index contributed by atoms with van der Waals surface area (Å²) in [6, 6.07) is 6.72. The second-order valence-electron chi connectivity index (χ2n) is 5.55. The molecule has 0 saturated carbocycles. The van der Waals surface area contributed by atoms with Crippen molar-refractivity contribution in [2.45, 2.75) is 6.04 Å². The van der Waals surface area contributed by atoms with Crippen LogP contribution in [-0.2, 0) is 4.79 Å². The number of ether oxygens (including phenoxy) is 1. The van der Waals surface area contributed by atoms with Crippen LogP contribution in [0.1, 0.15) is 11.6 Å². The lowest BCUT2D eigenvalue weighted by Gasteiger charge is -2.31. The number of nitrogens with zero attached hydrogens (tertiary/aromatic N) is 2. The van der Waals surface area contributed by atoms with E-state index in [1.807, 2.05) is 24.3 Å². The zero-order chi connectivity index (χ0) is 16.6. The van der Waals surface area contributed by atoms with Gasteiger partial charge in [-0.15, -0.1) is 6.58 Å². The van der Waals surface area contributed by atoms with Crippen LogP contribution in [0, 0.1) is 0 Å². The van der Waals surface area contributed by atoms with Gasteiger partial charge in [0, 0.05) is 13.6 Å². The topological polar surface area (TPSA) is 61.9 Å². The van der Waals surface area contributed by atoms with Gasteiger partial charge in [-0.3, -0.25) is 9.69 Å². The molecule has 2 aliphatic heterocycles. The van der Waals surface area contributed by atoms with E-state index < -0.39 is 6.04 Å². The number of rotatable bonds is 4. The average molecular weight is 313 g/mol. The smallest absolute Gasteiger partial charge is 0.322 e. The summed E-state index contributed by atoms with van der Waals surface area (Å²) in [4.78, 5) is 28.1. The minimum Gasteiger partial charge on any atom is -0.497 e. The van der Waals surface area contributed by atoms with E-state index in [1.54, 1.807) is 25.1 Å². The summed E-state index contributed by atoms with van der Waals surface area (Å²) < 4.78 is 5.16. The predicted molar refractivity (Wildman–Crippen MR) is 85.8 cm³/mol. The van der Waals surface area contributed by atoms with Crippen LogP contribution in [0.15, 0.2) is 48.2 Å². The zero-order valence-electron chi connectivity index (χ0n) is 13.2. The van der Waals surface area contributed by atoms with Crippen molar-refractivity contribution in [2.75, 3.05) is 27.2 Å². The normalized spacial score (nSPS) is 20.5. The van der Waals surface area contributed by atoms with Crippen molar-refractivity contribution >= 4 is 11.9 Å². The number of methoxy groups -OCH3 is 1. The number of hydrogen-bond acceptors (Lipinski definition) is 3. The third-order valence-corrected chi connectivity index (χ3v) is 4.23. The average Bonchev–Trinajstić information content (AvgIpc) is 2.89. The first-order valence-corrected chi connectivity index (χ1v) is 7.38. The zero-order valence-corrected chi connectivity index (χ0v) is 13.2. The van der Waals surface area contributed by atoms with Crippen molar-refractivity contribution in [3.8, 4) is 5.75 Å². The largest absolute Gasteiger partial charge is 0.497 e. The number of hydrogen-bond donors (Lipinski definition) is 1. The Morgan fingerprint density at radius 2 is 2.04 bits per heavy atom. The molecule has 23 heavy (non-hydrogen) atoms. The van der Waals surface area contributed by atoms with Crippen LogP contribution in [0.2, 0.25) is 0 Å². The SMILES string of the molecule is C=CCN1CC2=C(C1=O)[C@@H](c1ccc(OC)cc1)NC(=O)N2C. The molecule has 1 aromatic carbocycles. The van der Waals surface area contributed by atoms with Crippen molar-refractivity contribution in [1.29, 1.82) is 0 Å². The molecule has 0 saturated heterocycles. The highest BCUT2D eigenvalue weighted by Crippen LogP contribution is 2.35. The van der Waals surface area contributed by atoms with Crippen molar-refractivity contribution in [2.24, 2.45) is 0 Å². The molecule has 6 nitrogen and oxygen atoms in total. The fourth-order valence-electron chi connectivity index (χ4n) is 2.97. The summed E-state index contributed by atoms with van der Waals surface area (Å²) >= 11 is 0. The quantitative estimate of drug-likeness (QED) is 0.860. The van der Waals surface area contributed by atoms with Crippen molar-refractivity contribution in [3.63, 3.8) is 0 Å². The Balaban J connectivity index is 2.00. The van der Waals surface area contributed by atoms with Gasteiger partial charge in [0.15, 0.2) is 0 Å². The van der Waals surface area contributed by atoms with Gasteiger partial charge in [-0.1, -0.05) is 18.2 Å². The maximum atomic E-state index is 12.7. The van der Waals surface area contributed by atoms with Gasteiger partial charge in [-0.2, -0.15) is 0 Å². The number of carbonyl (C=O) groups excluding carboxylic acids is 2. The molecule has 1 atom stereocenters. The summed E-state index contributed by atoms with van der Waals surface area (Å²) in [7, 11) is 3.28. The molecule has 0 spiro atoms. The molecule has 3 amide bonds. The molecule has 0 fully saturated rings. The van der Waals surface area contributed by atoms with E-state index in [1.165, 1.54) is 4.90 Å². The van der Waals surface area contributed by atoms with E-state index >= 15 is 0 Å². The minimum absolute atomic E-state index is 0.0624. The Morgan fingerprint density at radius 1 is 1.35 bits per heavy atom. The predicted octanol–water partition coefficient (Wildman–Crippen LogP) is 1.67. The second-order valence-corrected chi connectivity index (χ2v) is 5.55. The van der Waals surface area contributed by atoms with Crippen LogP contribution >= 0.6 is 0 Å². The van der Waals surface area contributed by atoms with Gasteiger partial charge in [-0.25, -0.2) is 4.79 Å². The highest BCUT2D eigenvalue weighted by molar-refractivity contribution is 6.01. The standard InChI is InChI=1S/C17H19N3O3/c1-4-9-20-10-13-14(16(20)21)15(18-17(22)19(13)2)11-5-7-12(23-3)8-6-11/h4-8,15H,1,9-10H2,2-3H3,(H,18,22)/t15-/m1/s1. The fraction of sp³-hybridized carbons (Fsp3) is 0.294. The van der Waals surface area contributed by atoms with Crippen LogP contribution in [-0.4, -0.2) is 49.0 Å². The van der Waals surface area contributed by atoms with E-state index in [0.717, 1.165) is 17.0 Å². The molecular formula is C17H19N3O3. The first kappa shape index (κ1) is 15.1. The number of benzene rings is 1. The highest BCUT2D eigenvalue weighted by atomic mass is 16.5. The highest BCUT2D eigenvalue weighted by Gasteiger charge is 2.42. The van der Waals surface area contributed by atoms with Gasteiger partial charge >= 0.3 is 6.03 Å². The Labute approximate surface area is 135 Å². The third-order valence-electron chi connectivity index (χ3n) is 4.23. The Kier molecular flexibility index (Phi) is 3.82. The molecule has 0 bridgehead atoms. The fourth-order valence-corrected chi connectivity index (χ4v) is 2.97. The van der Waals surface area contributed by atoms with Crippen molar-refractivity contribution < 1.29 is 14.3 Å². The molecule has 3 rings (SSSR count). The van der Waals surface area contributed by atoms with Crippen LogP contribution in [0.4, 0.5) is 4.79 Å². The maximum absolute atomic E-state index is 12.7. The Morgan fingerprint density at radius 3 is 2.65 bits per heavy atom. The van der Waals surface area contributed by atoms with E-state index in [0.29, 0.717) is 18.7 Å². The summed E-state index contributed by atoms with van der Waals surface area (Å²) in [6.45, 7) is 4.57. The molecule has 2 aliphatic rings. The van der Waals surface area contributed by atoms with E-state index in [2.05, 4.69) is 11.9 Å². The van der Waals surface area contributed by atoms with Crippen LogP contribution in [0.3, 0.4) is 0 Å².